The Morgan fingerprint density at radius 1 is 1.00 bits per heavy atom. The zero-order valence-electron chi connectivity index (χ0n) is 22.1. The second-order valence-electron chi connectivity index (χ2n) is 13.8. The third-order valence-corrected chi connectivity index (χ3v) is 12.5. The molecule has 1 N–H and O–H groups in total. The van der Waals surface area contributed by atoms with Crippen LogP contribution < -0.4 is 0 Å². The van der Waals surface area contributed by atoms with Crippen LogP contribution in [0.1, 0.15) is 99.3 Å². The third kappa shape index (κ3) is 2.81. The highest BCUT2D eigenvalue weighted by Gasteiger charge is 2.68. The number of ether oxygens (including phenoxy) is 1. The van der Waals surface area contributed by atoms with Gasteiger partial charge in [-0.2, -0.15) is 0 Å². The molecule has 0 aliphatic heterocycles. The molecular formula is C30H46O3. The van der Waals surface area contributed by atoms with Gasteiger partial charge < -0.3 is 9.84 Å². The van der Waals surface area contributed by atoms with E-state index in [1.807, 2.05) is 0 Å². The van der Waals surface area contributed by atoms with E-state index in [1.165, 1.54) is 24.0 Å². The van der Waals surface area contributed by atoms with Gasteiger partial charge in [-0.25, -0.2) is 0 Å². The summed E-state index contributed by atoms with van der Waals surface area (Å²) in [5, 5.41) is 10.9. The first-order valence-electron chi connectivity index (χ1n) is 13.5. The molecule has 0 aromatic rings. The Bertz CT molecular complexity index is 914. The molecule has 33 heavy (non-hydrogen) atoms. The Morgan fingerprint density at radius 2 is 1.73 bits per heavy atom. The van der Waals surface area contributed by atoms with E-state index in [0.717, 1.165) is 44.9 Å². The number of esters is 1. The molecular weight excluding hydrogens is 408 g/mol. The summed E-state index contributed by atoms with van der Waals surface area (Å²) in [6.45, 7) is 14.6. The van der Waals surface area contributed by atoms with Crippen molar-refractivity contribution in [1.82, 2.24) is 0 Å². The van der Waals surface area contributed by atoms with Crippen LogP contribution in [-0.4, -0.2) is 24.3 Å². The molecule has 0 radical (unpaired) electrons. The van der Waals surface area contributed by atoms with Crippen molar-refractivity contribution in [2.24, 2.45) is 44.8 Å². The number of fused-ring (bicyclic) bond motifs is 7. The van der Waals surface area contributed by atoms with Crippen molar-refractivity contribution in [1.29, 1.82) is 0 Å². The quantitative estimate of drug-likeness (QED) is 0.348. The summed E-state index contributed by atoms with van der Waals surface area (Å²) >= 11 is 0. The second kappa shape index (κ2) is 7.21. The number of aliphatic hydroxyl groups excluding tert-OH is 1. The zero-order valence-corrected chi connectivity index (χ0v) is 22.1. The standard InChI is InChI=1S/C30H46O3/c1-19-10-15-30(25(32)33-7)17-16-28(5)20(21(30)18-19)8-9-23-27(4)13-12-24(31)26(2,3)22(27)11-14-29(23,28)6/h8,18,21-24,31H,9-17H2,1-7H3/t21-,22-,23+,24-,27-,28+,29+,30-/m0/s1. The summed E-state index contributed by atoms with van der Waals surface area (Å²) in [6.07, 6.45) is 14.4. The molecule has 3 saturated carbocycles. The largest absolute Gasteiger partial charge is 0.469 e. The lowest BCUT2D eigenvalue weighted by Gasteiger charge is -2.70. The van der Waals surface area contributed by atoms with Gasteiger partial charge in [-0.15, -0.1) is 0 Å². The summed E-state index contributed by atoms with van der Waals surface area (Å²) in [5.74, 6) is 1.39. The van der Waals surface area contributed by atoms with E-state index in [2.05, 4.69) is 53.7 Å². The van der Waals surface area contributed by atoms with E-state index in [0.29, 0.717) is 11.8 Å². The summed E-state index contributed by atoms with van der Waals surface area (Å²) < 4.78 is 5.43. The van der Waals surface area contributed by atoms with Crippen LogP contribution in [0.25, 0.3) is 0 Å². The Balaban J connectivity index is 1.61. The van der Waals surface area contributed by atoms with Gasteiger partial charge >= 0.3 is 5.97 Å². The van der Waals surface area contributed by atoms with Crippen LogP contribution in [-0.2, 0) is 9.53 Å². The van der Waals surface area contributed by atoms with Crippen LogP contribution in [0.15, 0.2) is 23.3 Å². The van der Waals surface area contributed by atoms with Crippen LogP contribution in [0, 0.1) is 44.8 Å². The average Bonchev–Trinajstić information content (AvgIpc) is 2.76. The fourth-order valence-electron chi connectivity index (χ4n) is 10.2. The van der Waals surface area contributed by atoms with Crippen LogP contribution >= 0.6 is 0 Å². The van der Waals surface area contributed by atoms with Gasteiger partial charge in [0.15, 0.2) is 0 Å². The molecule has 0 bridgehead atoms. The molecule has 5 aliphatic rings. The first-order valence-corrected chi connectivity index (χ1v) is 13.5. The van der Waals surface area contributed by atoms with E-state index in [-0.39, 0.29) is 45.1 Å². The number of hydrogen-bond acceptors (Lipinski definition) is 3. The molecule has 3 fully saturated rings. The summed E-state index contributed by atoms with van der Waals surface area (Å²) in [6, 6.07) is 0. The molecule has 5 aliphatic carbocycles. The van der Waals surface area contributed by atoms with Crippen LogP contribution in [0.2, 0.25) is 0 Å². The summed E-state index contributed by atoms with van der Waals surface area (Å²) in [4.78, 5) is 13.2. The van der Waals surface area contributed by atoms with Crippen molar-refractivity contribution < 1.29 is 14.6 Å². The molecule has 0 amide bonds. The number of hydrogen-bond donors (Lipinski definition) is 1. The highest BCUT2D eigenvalue weighted by molar-refractivity contribution is 5.79. The topological polar surface area (TPSA) is 46.5 Å². The van der Waals surface area contributed by atoms with Gasteiger partial charge in [-0.05, 0) is 98.2 Å². The average molecular weight is 455 g/mol. The van der Waals surface area contributed by atoms with Crippen molar-refractivity contribution in [3.05, 3.63) is 23.3 Å². The van der Waals surface area contributed by atoms with Gasteiger partial charge in [0.25, 0.3) is 0 Å². The van der Waals surface area contributed by atoms with Crippen molar-refractivity contribution in [2.45, 2.75) is 105 Å². The van der Waals surface area contributed by atoms with Gasteiger partial charge in [0.05, 0.1) is 18.6 Å². The van der Waals surface area contributed by atoms with Crippen LogP contribution in [0.4, 0.5) is 0 Å². The Hall–Kier alpha value is -1.09. The Morgan fingerprint density at radius 3 is 2.42 bits per heavy atom. The van der Waals surface area contributed by atoms with Gasteiger partial charge in [0.1, 0.15) is 0 Å². The SMILES string of the molecule is COC(=O)[C@]12CCC(C)=C[C@H]1C1=CC[C@@H]3[C@@]4(C)CC[C@H](O)C(C)(C)[C@@H]4CC[C@@]3(C)[C@]1(C)CC2. The van der Waals surface area contributed by atoms with Crippen molar-refractivity contribution in [3.8, 4) is 0 Å². The number of carbonyl (C=O) groups is 1. The lowest BCUT2D eigenvalue weighted by Crippen LogP contribution is -2.64. The fourth-order valence-corrected chi connectivity index (χ4v) is 10.2. The minimum atomic E-state index is -0.374. The van der Waals surface area contributed by atoms with Crippen LogP contribution in [0.5, 0.6) is 0 Å². The van der Waals surface area contributed by atoms with Crippen LogP contribution in [0.3, 0.4) is 0 Å². The van der Waals surface area contributed by atoms with Crippen molar-refractivity contribution >= 4 is 5.97 Å². The maximum atomic E-state index is 13.2. The maximum absolute atomic E-state index is 13.2. The third-order valence-electron chi connectivity index (χ3n) is 12.5. The molecule has 184 valence electrons. The molecule has 3 heteroatoms. The predicted molar refractivity (Wildman–Crippen MR) is 132 cm³/mol. The predicted octanol–water partition coefficient (Wildman–Crippen LogP) is 6.85. The van der Waals surface area contributed by atoms with Crippen molar-refractivity contribution in [3.63, 3.8) is 0 Å². The lowest BCUT2D eigenvalue weighted by molar-refractivity contribution is -0.202. The van der Waals surface area contributed by atoms with E-state index >= 15 is 0 Å². The van der Waals surface area contributed by atoms with Gasteiger partial charge in [0.2, 0.25) is 0 Å². The monoisotopic (exact) mass is 454 g/mol. The maximum Gasteiger partial charge on any atom is 0.312 e. The first kappa shape index (κ1) is 23.6. The zero-order chi connectivity index (χ0) is 24.0. The number of allylic oxidation sites excluding steroid dienone is 4. The Kier molecular flexibility index (Phi) is 5.17. The number of aliphatic hydroxyl groups is 1. The molecule has 0 saturated heterocycles. The molecule has 0 aromatic carbocycles. The first-order chi connectivity index (χ1) is 15.4. The highest BCUT2D eigenvalue weighted by Crippen LogP contribution is 2.75. The van der Waals surface area contributed by atoms with E-state index in [1.54, 1.807) is 7.11 Å². The summed E-state index contributed by atoms with van der Waals surface area (Å²) in [7, 11) is 1.57. The van der Waals surface area contributed by atoms with Gasteiger partial charge in [-0.3, -0.25) is 4.79 Å². The molecule has 0 heterocycles. The van der Waals surface area contributed by atoms with E-state index in [4.69, 9.17) is 4.74 Å². The lowest BCUT2D eigenvalue weighted by atomic mass is 9.34. The second-order valence-corrected chi connectivity index (χ2v) is 13.8. The molecule has 5 rings (SSSR count). The minimum Gasteiger partial charge on any atom is -0.469 e. The van der Waals surface area contributed by atoms with E-state index < -0.39 is 0 Å². The number of methoxy groups -OCH3 is 1. The highest BCUT2D eigenvalue weighted by atomic mass is 16.5. The fraction of sp³-hybridized carbons (Fsp3) is 0.833. The summed E-state index contributed by atoms with van der Waals surface area (Å²) in [5.41, 5.74) is 3.17. The normalized spacial score (nSPS) is 50.5. The Labute approximate surface area is 201 Å². The molecule has 8 atom stereocenters. The van der Waals surface area contributed by atoms with Gasteiger partial charge in [0, 0.05) is 5.92 Å². The molecule has 0 unspecified atom stereocenters. The molecule has 3 nitrogen and oxygen atoms in total. The number of rotatable bonds is 1. The smallest absolute Gasteiger partial charge is 0.312 e. The van der Waals surface area contributed by atoms with Gasteiger partial charge in [-0.1, -0.05) is 57.9 Å². The molecule has 0 spiro atoms. The minimum absolute atomic E-state index is 0.00478. The van der Waals surface area contributed by atoms with E-state index in [9.17, 15) is 9.90 Å². The van der Waals surface area contributed by atoms with Crippen molar-refractivity contribution in [2.75, 3.05) is 7.11 Å². The molecule has 0 aromatic heterocycles. The number of carbonyl (C=O) groups excluding carboxylic acids is 1.